The maximum atomic E-state index is 13.3. The average molecular weight is 238 g/mol. The number of hydrogen-bond acceptors (Lipinski definition) is 2. The molecule has 1 N–H and O–H groups in total. The lowest BCUT2D eigenvalue weighted by Gasteiger charge is -2.20. The van der Waals surface area contributed by atoms with Crippen LogP contribution in [-0.4, -0.2) is 37.6 Å². The van der Waals surface area contributed by atoms with Crippen molar-refractivity contribution in [2.45, 2.75) is 26.3 Å². The van der Waals surface area contributed by atoms with Crippen LogP contribution in [0.4, 0.5) is 4.39 Å². The SMILES string of the molecule is CCN(C)CC(C)NCCc1ccccc1F. The molecule has 96 valence electrons. The molecule has 1 unspecified atom stereocenters. The lowest BCUT2D eigenvalue weighted by molar-refractivity contribution is 0.311. The van der Waals surface area contributed by atoms with Gasteiger partial charge in [0, 0.05) is 12.6 Å². The number of nitrogens with zero attached hydrogens (tertiary/aromatic N) is 1. The number of halogens is 1. The summed E-state index contributed by atoms with van der Waals surface area (Å²) in [5.74, 6) is -0.104. The van der Waals surface area contributed by atoms with Crippen LogP contribution in [0.1, 0.15) is 19.4 Å². The van der Waals surface area contributed by atoms with Crippen LogP contribution in [0.25, 0.3) is 0 Å². The number of benzene rings is 1. The molecule has 0 aliphatic rings. The van der Waals surface area contributed by atoms with Gasteiger partial charge in [0.05, 0.1) is 0 Å². The molecule has 0 aliphatic heterocycles. The van der Waals surface area contributed by atoms with E-state index in [9.17, 15) is 4.39 Å². The summed E-state index contributed by atoms with van der Waals surface area (Å²) >= 11 is 0. The summed E-state index contributed by atoms with van der Waals surface area (Å²) in [5, 5.41) is 3.42. The minimum Gasteiger partial charge on any atom is -0.313 e. The molecule has 0 spiro atoms. The minimum absolute atomic E-state index is 0.104. The first-order chi connectivity index (χ1) is 8.13. The summed E-state index contributed by atoms with van der Waals surface area (Å²) in [7, 11) is 2.11. The molecule has 17 heavy (non-hydrogen) atoms. The Labute approximate surface area is 104 Å². The van der Waals surface area contributed by atoms with Crippen LogP contribution in [0.5, 0.6) is 0 Å². The second-order valence-corrected chi connectivity index (χ2v) is 4.55. The molecule has 3 heteroatoms. The van der Waals surface area contributed by atoms with Crippen LogP contribution in [-0.2, 0) is 6.42 Å². The molecule has 0 amide bonds. The Kier molecular flexibility index (Phi) is 6.16. The van der Waals surface area contributed by atoms with E-state index < -0.39 is 0 Å². The Morgan fingerprint density at radius 2 is 2.06 bits per heavy atom. The van der Waals surface area contributed by atoms with Crippen LogP contribution in [0, 0.1) is 5.82 Å². The second-order valence-electron chi connectivity index (χ2n) is 4.55. The first kappa shape index (κ1) is 14.1. The van der Waals surface area contributed by atoms with E-state index in [-0.39, 0.29) is 5.82 Å². The van der Waals surface area contributed by atoms with Gasteiger partial charge >= 0.3 is 0 Å². The summed E-state index contributed by atoms with van der Waals surface area (Å²) in [4.78, 5) is 2.26. The zero-order valence-electron chi connectivity index (χ0n) is 11.0. The average Bonchev–Trinajstić information content (AvgIpc) is 2.31. The summed E-state index contributed by atoms with van der Waals surface area (Å²) in [6, 6.07) is 7.41. The van der Waals surface area contributed by atoms with Crippen LogP contribution in [0.15, 0.2) is 24.3 Å². The molecular formula is C14H23FN2. The summed E-state index contributed by atoms with van der Waals surface area (Å²) < 4.78 is 13.3. The molecule has 0 aromatic heterocycles. The van der Waals surface area contributed by atoms with Gasteiger partial charge in [0.15, 0.2) is 0 Å². The van der Waals surface area contributed by atoms with Gasteiger partial charge in [-0.2, -0.15) is 0 Å². The molecule has 0 saturated heterocycles. The third-order valence-electron chi connectivity index (χ3n) is 2.97. The first-order valence-electron chi connectivity index (χ1n) is 6.28. The molecule has 1 rings (SSSR count). The Morgan fingerprint density at radius 3 is 2.71 bits per heavy atom. The number of rotatable bonds is 7. The van der Waals surface area contributed by atoms with Gasteiger partial charge in [-0.1, -0.05) is 25.1 Å². The van der Waals surface area contributed by atoms with Gasteiger partial charge < -0.3 is 10.2 Å². The maximum Gasteiger partial charge on any atom is 0.126 e. The van der Waals surface area contributed by atoms with Crippen molar-refractivity contribution in [1.82, 2.24) is 10.2 Å². The van der Waals surface area contributed by atoms with E-state index in [1.165, 1.54) is 6.07 Å². The normalized spacial score (nSPS) is 13.0. The second kappa shape index (κ2) is 7.41. The predicted molar refractivity (Wildman–Crippen MR) is 70.7 cm³/mol. The van der Waals surface area contributed by atoms with Gasteiger partial charge in [-0.25, -0.2) is 4.39 Å². The smallest absolute Gasteiger partial charge is 0.126 e. The van der Waals surface area contributed by atoms with E-state index in [4.69, 9.17) is 0 Å². The molecule has 0 radical (unpaired) electrons. The summed E-state index contributed by atoms with van der Waals surface area (Å²) in [5.41, 5.74) is 0.788. The molecule has 0 bridgehead atoms. The van der Waals surface area contributed by atoms with Crippen LogP contribution >= 0.6 is 0 Å². The van der Waals surface area contributed by atoms with Crippen molar-refractivity contribution in [3.8, 4) is 0 Å². The Hall–Kier alpha value is -0.930. The topological polar surface area (TPSA) is 15.3 Å². The number of nitrogens with one attached hydrogen (secondary N) is 1. The van der Waals surface area contributed by atoms with E-state index in [0.29, 0.717) is 6.04 Å². The van der Waals surface area contributed by atoms with Gasteiger partial charge in [0.25, 0.3) is 0 Å². The number of hydrogen-bond donors (Lipinski definition) is 1. The fraction of sp³-hybridized carbons (Fsp3) is 0.571. The zero-order valence-corrected chi connectivity index (χ0v) is 11.0. The van der Waals surface area contributed by atoms with E-state index >= 15 is 0 Å². The summed E-state index contributed by atoms with van der Waals surface area (Å²) in [6.45, 7) is 7.20. The highest BCUT2D eigenvalue weighted by atomic mass is 19.1. The van der Waals surface area contributed by atoms with Crippen molar-refractivity contribution in [2.24, 2.45) is 0 Å². The molecular weight excluding hydrogens is 215 g/mol. The highest BCUT2D eigenvalue weighted by molar-refractivity contribution is 5.17. The third-order valence-corrected chi connectivity index (χ3v) is 2.97. The van der Waals surface area contributed by atoms with Crippen molar-refractivity contribution in [3.63, 3.8) is 0 Å². The highest BCUT2D eigenvalue weighted by Gasteiger charge is 2.05. The molecule has 2 nitrogen and oxygen atoms in total. The predicted octanol–water partition coefficient (Wildman–Crippen LogP) is 2.30. The maximum absolute atomic E-state index is 13.3. The van der Waals surface area contributed by atoms with Gasteiger partial charge in [-0.05, 0) is 45.1 Å². The molecule has 1 aromatic rings. The first-order valence-corrected chi connectivity index (χ1v) is 6.28. The Morgan fingerprint density at radius 1 is 1.35 bits per heavy atom. The molecule has 1 aromatic carbocycles. The Bertz CT molecular complexity index is 328. The minimum atomic E-state index is -0.104. The monoisotopic (exact) mass is 238 g/mol. The summed E-state index contributed by atoms with van der Waals surface area (Å²) in [6.07, 6.45) is 0.743. The largest absolute Gasteiger partial charge is 0.313 e. The van der Waals surface area contributed by atoms with Crippen LogP contribution in [0.2, 0.25) is 0 Å². The van der Waals surface area contributed by atoms with E-state index in [2.05, 4.69) is 31.1 Å². The Balaban J connectivity index is 2.26. The molecule has 0 aliphatic carbocycles. The van der Waals surface area contributed by atoms with Crippen molar-refractivity contribution in [1.29, 1.82) is 0 Å². The molecule has 1 atom stereocenters. The van der Waals surface area contributed by atoms with Gasteiger partial charge in [0.1, 0.15) is 5.82 Å². The van der Waals surface area contributed by atoms with Gasteiger partial charge in [-0.3, -0.25) is 0 Å². The van der Waals surface area contributed by atoms with Crippen molar-refractivity contribution < 1.29 is 4.39 Å². The number of likely N-dealkylation sites (N-methyl/N-ethyl adjacent to an activating group) is 1. The molecule has 0 fully saturated rings. The lowest BCUT2D eigenvalue weighted by atomic mass is 10.1. The standard InChI is InChI=1S/C14H23FN2/c1-4-17(3)11-12(2)16-10-9-13-7-5-6-8-14(13)15/h5-8,12,16H,4,9-11H2,1-3H3. The lowest BCUT2D eigenvalue weighted by Crippen LogP contribution is -2.38. The highest BCUT2D eigenvalue weighted by Crippen LogP contribution is 2.06. The van der Waals surface area contributed by atoms with Crippen molar-refractivity contribution in [3.05, 3.63) is 35.6 Å². The van der Waals surface area contributed by atoms with Gasteiger partial charge in [-0.15, -0.1) is 0 Å². The fourth-order valence-electron chi connectivity index (χ4n) is 1.82. The fourth-order valence-corrected chi connectivity index (χ4v) is 1.82. The third kappa shape index (κ3) is 5.29. The van der Waals surface area contributed by atoms with Crippen LogP contribution < -0.4 is 5.32 Å². The van der Waals surface area contributed by atoms with Crippen molar-refractivity contribution >= 4 is 0 Å². The van der Waals surface area contributed by atoms with Crippen molar-refractivity contribution in [2.75, 3.05) is 26.7 Å². The quantitative estimate of drug-likeness (QED) is 0.784. The zero-order chi connectivity index (χ0) is 12.7. The van der Waals surface area contributed by atoms with Crippen LogP contribution in [0.3, 0.4) is 0 Å². The van der Waals surface area contributed by atoms with E-state index in [1.54, 1.807) is 6.07 Å². The van der Waals surface area contributed by atoms with E-state index in [0.717, 1.165) is 31.6 Å². The van der Waals surface area contributed by atoms with Gasteiger partial charge in [0.2, 0.25) is 0 Å². The van der Waals surface area contributed by atoms with E-state index in [1.807, 2.05) is 12.1 Å². The molecule has 0 heterocycles. The molecule has 0 saturated carbocycles.